The molecular formula is C22H26Cl2N2. The van der Waals surface area contributed by atoms with Crippen molar-refractivity contribution in [3.05, 3.63) is 57.6 Å². The number of para-hydroxylation sites is 1. The van der Waals surface area contributed by atoms with E-state index in [-0.39, 0.29) is 0 Å². The number of benzene rings is 2. The summed E-state index contributed by atoms with van der Waals surface area (Å²) in [6, 6.07) is 12.2. The molecule has 0 fully saturated rings. The minimum absolute atomic E-state index is 0.497. The van der Waals surface area contributed by atoms with Crippen molar-refractivity contribution in [1.29, 1.82) is 0 Å². The van der Waals surface area contributed by atoms with E-state index >= 15 is 0 Å². The Morgan fingerprint density at radius 1 is 1.12 bits per heavy atom. The average molecular weight is 389 g/mol. The monoisotopic (exact) mass is 388 g/mol. The van der Waals surface area contributed by atoms with Crippen LogP contribution in [0.15, 0.2) is 36.4 Å². The lowest BCUT2D eigenvalue weighted by Crippen LogP contribution is -1.99. The van der Waals surface area contributed by atoms with Crippen LogP contribution >= 0.6 is 23.2 Å². The Morgan fingerprint density at radius 3 is 2.65 bits per heavy atom. The van der Waals surface area contributed by atoms with E-state index in [9.17, 15) is 0 Å². The van der Waals surface area contributed by atoms with Crippen LogP contribution in [0.2, 0.25) is 10.0 Å². The zero-order valence-electron chi connectivity index (χ0n) is 15.4. The fourth-order valence-corrected chi connectivity index (χ4v) is 3.94. The van der Waals surface area contributed by atoms with Gasteiger partial charge in [0.1, 0.15) is 0 Å². The van der Waals surface area contributed by atoms with Crippen molar-refractivity contribution >= 4 is 34.1 Å². The van der Waals surface area contributed by atoms with E-state index < -0.39 is 0 Å². The molecule has 0 bridgehead atoms. The highest BCUT2D eigenvalue weighted by Gasteiger charge is 2.18. The van der Waals surface area contributed by atoms with Crippen molar-refractivity contribution in [3.63, 3.8) is 0 Å². The number of hydrogen-bond acceptors (Lipinski definition) is 1. The normalized spacial score (nSPS) is 12.7. The number of halogens is 2. The first-order valence-electron chi connectivity index (χ1n) is 9.35. The first-order valence-corrected chi connectivity index (χ1v) is 10.1. The summed E-state index contributed by atoms with van der Waals surface area (Å²) in [6.45, 7) is 5.22. The molecule has 26 heavy (non-hydrogen) atoms. The lowest BCUT2D eigenvalue weighted by molar-refractivity contribution is 0.738. The van der Waals surface area contributed by atoms with Gasteiger partial charge < -0.3 is 10.7 Å². The summed E-state index contributed by atoms with van der Waals surface area (Å²) < 4.78 is 0. The first kappa shape index (κ1) is 19.3. The van der Waals surface area contributed by atoms with Crippen molar-refractivity contribution in [1.82, 2.24) is 4.98 Å². The van der Waals surface area contributed by atoms with Gasteiger partial charge in [0.05, 0.1) is 5.69 Å². The molecule has 138 valence electrons. The van der Waals surface area contributed by atoms with Crippen LogP contribution in [0, 0.1) is 0 Å². The van der Waals surface area contributed by atoms with Crippen molar-refractivity contribution in [3.8, 4) is 11.3 Å². The number of aryl methyl sites for hydroxylation is 1. The predicted octanol–water partition coefficient (Wildman–Crippen LogP) is 6.94. The third kappa shape index (κ3) is 3.78. The maximum absolute atomic E-state index is 6.52. The highest BCUT2D eigenvalue weighted by Crippen LogP contribution is 2.39. The summed E-state index contributed by atoms with van der Waals surface area (Å²) in [4.78, 5) is 3.68. The maximum Gasteiger partial charge on any atom is 0.0513 e. The second-order valence-electron chi connectivity index (χ2n) is 6.93. The van der Waals surface area contributed by atoms with Crippen LogP contribution in [0.1, 0.15) is 50.2 Å². The maximum atomic E-state index is 6.52. The minimum Gasteiger partial charge on any atom is -0.354 e. The Hall–Kier alpha value is -1.48. The fraction of sp³-hybridized carbons (Fsp3) is 0.364. The summed E-state index contributed by atoms with van der Waals surface area (Å²) >= 11 is 12.8. The van der Waals surface area contributed by atoms with E-state index in [1.165, 1.54) is 22.0 Å². The zero-order valence-corrected chi connectivity index (χ0v) is 16.9. The third-order valence-electron chi connectivity index (χ3n) is 5.20. The van der Waals surface area contributed by atoms with Gasteiger partial charge in [0, 0.05) is 26.5 Å². The zero-order chi connectivity index (χ0) is 18.7. The molecule has 3 N–H and O–H groups in total. The summed E-state index contributed by atoms with van der Waals surface area (Å²) in [7, 11) is 0. The topological polar surface area (TPSA) is 41.8 Å². The Labute approximate surface area is 165 Å². The van der Waals surface area contributed by atoms with E-state index in [0.29, 0.717) is 22.5 Å². The number of aromatic amines is 1. The van der Waals surface area contributed by atoms with Crippen LogP contribution in [0.5, 0.6) is 0 Å². The largest absolute Gasteiger partial charge is 0.354 e. The van der Waals surface area contributed by atoms with Gasteiger partial charge in [-0.2, -0.15) is 0 Å². The van der Waals surface area contributed by atoms with Crippen LogP contribution in [-0.2, 0) is 6.42 Å². The Kier molecular flexibility index (Phi) is 6.29. The van der Waals surface area contributed by atoms with E-state index in [0.717, 1.165) is 36.9 Å². The van der Waals surface area contributed by atoms with E-state index in [2.05, 4.69) is 37.0 Å². The van der Waals surface area contributed by atoms with Crippen LogP contribution in [0.3, 0.4) is 0 Å². The van der Waals surface area contributed by atoms with E-state index in [1.54, 1.807) is 0 Å². The molecule has 0 saturated carbocycles. The molecule has 0 aliphatic heterocycles. The molecule has 3 rings (SSSR count). The van der Waals surface area contributed by atoms with Crippen molar-refractivity contribution < 1.29 is 0 Å². The van der Waals surface area contributed by atoms with E-state index in [4.69, 9.17) is 28.9 Å². The Morgan fingerprint density at radius 2 is 1.92 bits per heavy atom. The standard InChI is InChI=1S/C22H26Cl2N2/c1-3-14(2)16-8-6-9-18-17(7-4-5-12-25)22(26-21(16)18)19-13-15(23)10-11-20(19)24/h6,8-11,13-14,26H,3-5,7,12,25H2,1-2H3. The molecule has 2 nitrogen and oxygen atoms in total. The van der Waals surface area contributed by atoms with Crippen molar-refractivity contribution in [2.75, 3.05) is 6.54 Å². The van der Waals surface area contributed by atoms with Crippen molar-refractivity contribution in [2.45, 2.75) is 45.4 Å². The van der Waals surface area contributed by atoms with Crippen LogP contribution in [0.4, 0.5) is 0 Å². The molecule has 4 heteroatoms. The molecule has 0 saturated heterocycles. The van der Waals surface area contributed by atoms with Gasteiger partial charge in [-0.3, -0.25) is 0 Å². The van der Waals surface area contributed by atoms with Gasteiger partial charge in [0.15, 0.2) is 0 Å². The summed E-state index contributed by atoms with van der Waals surface area (Å²) in [5.41, 5.74) is 11.6. The first-order chi connectivity index (χ1) is 12.6. The van der Waals surface area contributed by atoms with Gasteiger partial charge in [0.25, 0.3) is 0 Å². The number of unbranched alkanes of at least 4 members (excludes halogenated alkanes) is 1. The molecule has 3 aromatic rings. The molecule has 0 amide bonds. The molecule has 1 aromatic heterocycles. The highest BCUT2D eigenvalue weighted by molar-refractivity contribution is 6.35. The highest BCUT2D eigenvalue weighted by atomic mass is 35.5. The second kappa shape index (κ2) is 8.47. The lowest BCUT2D eigenvalue weighted by atomic mass is 9.94. The quantitative estimate of drug-likeness (QED) is 0.422. The van der Waals surface area contributed by atoms with Gasteiger partial charge in [0.2, 0.25) is 0 Å². The van der Waals surface area contributed by atoms with Crippen LogP contribution in [-0.4, -0.2) is 11.5 Å². The number of nitrogens with two attached hydrogens (primary N) is 1. The smallest absolute Gasteiger partial charge is 0.0513 e. The fourth-order valence-electron chi connectivity index (χ4n) is 3.55. The van der Waals surface area contributed by atoms with Crippen molar-refractivity contribution in [2.24, 2.45) is 5.73 Å². The van der Waals surface area contributed by atoms with Gasteiger partial charge in [-0.05, 0) is 67.5 Å². The molecule has 1 atom stereocenters. The molecular weight excluding hydrogens is 363 g/mol. The number of aromatic nitrogens is 1. The van der Waals surface area contributed by atoms with Gasteiger partial charge in [-0.25, -0.2) is 0 Å². The number of H-pyrrole nitrogens is 1. The number of rotatable bonds is 7. The molecule has 0 aliphatic carbocycles. The molecule has 2 aromatic carbocycles. The number of fused-ring (bicyclic) bond motifs is 1. The summed E-state index contributed by atoms with van der Waals surface area (Å²) in [6.07, 6.45) is 4.15. The van der Waals surface area contributed by atoms with Crippen LogP contribution in [0.25, 0.3) is 22.2 Å². The summed E-state index contributed by atoms with van der Waals surface area (Å²) in [5.74, 6) is 0.497. The molecule has 0 spiro atoms. The Balaban J connectivity index is 2.22. The van der Waals surface area contributed by atoms with Gasteiger partial charge in [-0.1, -0.05) is 55.2 Å². The van der Waals surface area contributed by atoms with Crippen LogP contribution < -0.4 is 5.73 Å². The predicted molar refractivity (Wildman–Crippen MR) is 114 cm³/mol. The SMILES string of the molecule is CCC(C)c1cccc2c(CCCCN)c(-c3cc(Cl)ccc3Cl)[nH]c12. The molecule has 1 unspecified atom stereocenters. The van der Waals surface area contributed by atoms with Gasteiger partial charge in [-0.15, -0.1) is 0 Å². The third-order valence-corrected chi connectivity index (χ3v) is 5.76. The molecule has 0 radical (unpaired) electrons. The molecule has 1 heterocycles. The Bertz CT molecular complexity index is 899. The number of nitrogens with one attached hydrogen (secondary N) is 1. The number of hydrogen-bond donors (Lipinski definition) is 2. The minimum atomic E-state index is 0.497. The second-order valence-corrected chi connectivity index (χ2v) is 7.77. The molecule has 0 aliphatic rings. The van der Waals surface area contributed by atoms with E-state index in [1.807, 2.05) is 18.2 Å². The average Bonchev–Trinajstić information content (AvgIpc) is 3.02. The lowest BCUT2D eigenvalue weighted by Gasteiger charge is -2.10. The van der Waals surface area contributed by atoms with Gasteiger partial charge >= 0.3 is 0 Å². The summed E-state index contributed by atoms with van der Waals surface area (Å²) in [5, 5.41) is 2.69.